The monoisotopic (exact) mass is 428 g/mol. The molecular formula is C26H24N2O4. The molecule has 2 heterocycles. The standard InChI is InChI=1S/C26H24N2O4/c29-23-19-5-1-2-6-20(19)24(30)27(23)12-11-18-15-9-10-17(18)16(13-15)14-28-25(31)21-7-3-4-8-22(21)26(28)32/h1-8,15-18H,9-14H2. The Morgan fingerprint density at radius 1 is 0.688 bits per heavy atom. The molecule has 0 aromatic heterocycles. The van der Waals surface area contributed by atoms with Crippen LogP contribution < -0.4 is 0 Å². The van der Waals surface area contributed by atoms with Crippen LogP contribution >= 0.6 is 0 Å². The summed E-state index contributed by atoms with van der Waals surface area (Å²) in [4.78, 5) is 53.8. The van der Waals surface area contributed by atoms with Crippen LogP contribution in [0.5, 0.6) is 0 Å². The third kappa shape index (κ3) is 2.71. The Labute approximate surface area is 186 Å². The first-order valence-corrected chi connectivity index (χ1v) is 11.4. The predicted octanol–water partition coefficient (Wildman–Crippen LogP) is 3.63. The minimum Gasteiger partial charge on any atom is -0.274 e. The highest BCUT2D eigenvalue weighted by Gasteiger charge is 2.50. The van der Waals surface area contributed by atoms with Crippen molar-refractivity contribution in [2.75, 3.05) is 13.1 Å². The molecule has 2 fully saturated rings. The van der Waals surface area contributed by atoms with Crippen molar-refractivity contribution in [2.45, 2.75) is 25.7 Å². The molecule has 0 N–H and O–H groups in total. The smallest absolute Gasteiger partial charge is 0.261 e. The van der Waals surface area contributed by atoms with Crippen LogP contribution in [0.25, 0.3) is 0 Å². The molecular weight excluding hydrogens is 404 g/mol. The maximum atomic E-state index is 12.8. The van der Waals surface area contributed by atoms with Crippen LogP contribution in [0, 0.1) is 23.7 Å². The molecule has 162 valence electrons. The van der Waals surface area contributed by atoms with Crippen LogP contribution in [-0.2, 0) is 0 Å². The van der Waals surface area contributed by atoms with Gasteiger partial charge in [-0.25, -0.2) is 0 Å². The fourth-order valence-corrected chi connectivity index (χ4v) is 6.65. The summed E-state index contributed by atoms with van der Waals surface area (Å²) in [6, 6.07) is 14.0. The number of rotatable bonds is 5. The van der Waals surface area contributed by atoms with Gasteiger partial charge in [0, 0.05) is 13.1 Å². The van der Waals surface area contributed by atoms with Crippen LogP contribution in [0.1, 0.15) is 67.1 Å². The second kappa shape index (κ2) is 7.12. The maximum absolute atomic E-state index is 12.8. The van der Waals surface area contributed by atoms with Gasteiger partial charge in [-0.3, -0.25) is 29.0 Å². The van der Waals surface area contributed by atoms with Gasteiger partial charge in [0.05, 0.1) is 22.3 Å². The summed E-state index contributed by atoms with van der Waals surface area (Å²) in [6.45, 7) is 0.904. The van der Waals surface area contributed by atoms with E-state index in [2.05, 4.69) is 0 Å². The number of benzene rings is 2. The number of nitrogens with zero attached hydrogens (tertiary/aromatic N) is 2. The van der Waals surface area contributed by atoms with Crippen molar-refractivity contribution < 1.29 is 19.2 Å². The average Bonchev–Trinajstić information content (AvgIpc) is 3.50. The molecule has 2 aromatic carbocycles. The first-order chi connectivity index (χ1) is 15.5. The Balaban J connectivity index is 1.13. The summed E-state index contributed by atoms with van der Waals surface area (Å²) < 4.78 is 0. The van der Waals surface area contributed by atoms with E-state index in [1.165, 1.54) is 9.80 Å². The van der Waals surface area contributed by atoms with E-state index < -0.39 is 0 Å². The van der Waals surface area contributed by atoms with Gasteiger partial charge in [-0.1, -0.05) is 24.3 Å². The maximum Gasteiger partial charge on any atom is 0.261 e. The molecule has 2 aliphatic carbocycles. The van der Waals surface area contributed by atoms with Crippen LogP contribution in [0.4, 0.5) is 0 Å². The van der Waals surface area contributed by atoms with E-state index in [9.17, 15) is 19.2 Å². The van der Waals surface area contributed by atoms with Gasteiger partial charge in [-0.2, -0.15) is 0 Å². The van der Waals surface area contributed by atoms with Crippen molar-refractivity contribution in [3.8, 4) is 0 Å². The zero-order chi connectivity index (χ0) is 22.0. The Morgan fingerprint density at radius 2 is 1.19 bits per heavy atom. The molecule has 0 radical (unpaired) electrons. The van der Waals surface area contributed by atoms with Crippen LogP contribution in [0.2, 0.25) is 0 Å². The summed E-state index contributed by atoms with van der Waals surface area (Å²) in [7, 11) is 0. The van der Waals surface area contributed by atoms with Crippen molar-refractivity contribution in [2.24, 2.45) is 23.7 Å². The minimum absolute atomic E-state index is 0.184. The lowest BCUT2D eigenvalue weighted by Crippen LogP contribution is -2.36. The number of carbonyl (C=O) groups is 4. The largest absolute Gasteiger partial charge is 0.274 e. The molecule has 2 aromatic rings. The van der Waals surface area contributed by atoms with E-state index in [0.29, 0.717) is 59.0 Å². The highest BCUT2D eigenvalue weighted by atomic mass is 16.2. The molecule has 2 saturated carbocycles. The van der Waals surface area contributed by atoms with Crippen molar-refractivity contribution in [1.29, 1.82) is 0 Å². The summed E-state index contributed by atoms with van der Waals surface area (Å²) in [5.41, 5.74) is 2.00. The first-order valence-electron chi connectivity index (χ1n) is 11.4. The lowest BCUT2D eigenvalue weighted by Gasteiger charge is -2.27. The van der Waals surface area contributed by atoms with Crippen molar-refractivity contribution >= 4 is 23.6 Å². The molecule has 6 rings (SSSR count). The first kappa shape index (κ1) is 19.4. The average molecular weight is 428 g/mol. The zero-order valence-corrected chi connectivity index (χ0v) is 17.7. The number of imide groups is 2. The Bertz CT molecular complexity index is 1100. The van der Waals surface area contributed by atoms with Gasteiger partial charge in [0.25, 0.3) is 23.6 Å². The van der Waals surface area contributed by atoms with Crippen LogP contribution in [0.15, 0.2) is 48.5 Å². The summed E-state index contributed by atoms with van der Waals surface area (Å²) in [6.07, 6.45) is 4.03. The Hall–Kier alpha value is -3.28. The Kier molecular flexibility index (Phi) is 4.32. The molecule has 4 atom stereocenters. The fraction of sp³-hybridized carbons (Fsp3) is 0.385. The van der Waals surface area contributed by atoms with E-state index in [-0.39, 0.29) is 23.6 Å². The lowest BCUT2D eigenvalue weighted by atomic mass is 9.87. The van der Waals surface area contributed by atoms with Crippen molar-refractivity contribution in [3.05, 3.63) is 70.8 Å². The highest BCUT2D eigenvalue weighted by Crippen LogP contribution is 2.54. The zero-order valence-electron chi connectivity index (χ0n) is 17.7. The summed E-state index contributed by atoms with van der Waals surface area (Å²) in [5, 5.41) is 0. The molecule has 6 nitrogen and oxygen atoms in total. The van der Waals surface area contributed by atoms with Crippen LogP contribution in [0.3, 0.4) is 0 Å². The second-order valence-electron chi connectivity index (χ2n) is 9.52. The molecule has 0 spiro atoms. The molecule has 32 heavy (non-hydrogen) atoms. The van der Waals surface area contributed by atoms with Gasteiger partial charge in [0.1, 0.15) is 0 Å². The molecule has 6 heteroatoms. The summed E-state index contributed by atoms with van der Waals surface area (Å²) in [5.74, 6) is 0.932. The van der Waals surface area contributed by atoms with Gasteiger partial charge < -0.3 is 0 Å². The predicted molar refractivity (Wildman–Crippen MR) is 116 cm³/mol. The number of fused-ring (bicyclic) bond motifs is 4. The number of hydrogen-bond acceptors (Lipinski definition) is 4. The number of hydrogen-bond donors (Lipinski definition) is 0. The van der Waals surface area contributed by atoms with E-state index in [0.717, 1.165) is 25.7 Å². The van der Waals surface area contributed by atoms with Crippen molar-refractivity contribution in [3.63, 3.8) is 0 Å². The molecule has 2 aliphatic heterocycles. The minimum atomic E-state index is -0.196. The van der Waals surface area contributed by atoms with Gasteiger partial charge in [-0.05, 0) is 73.6 Å². The van der Waals surface area contributed by atoms with Crippen molar-refractivity contribution in [1.82, 2.24) is 9.80 Å². The van der Waals surface area contributed by atoms with Crippen LogP contribution in [-0.4, -0.2) is 46.5 Å². The molecule has 4 amide bonds. The fourth-order valence-electron chi connectivity index (χ4n) is 6.65. The van der Waals surface area contributed by atoms with E-state index in [1.54, 1.807) is 48.5 Å². The topological polar surface area (TPSA) is 74.8 Å². The normalized spacial score (nSPS) is 28.1. The molecule has 4 unspecified atom stereocenters. The van der Waals surface area contributed by atoms with E-state index in [1.807, 2.05) is 0 Å². The lowest BCUT2D eigenvalue weighted by molar-refractivity contribution is 0.0592. The third-order valence-corrected chi connectivity index (χ3v) is 8.10. The highest BCUT2D eigenvalue weighted by molar-refractivity contribution is 6.22. The van der Waals surface area contributed by atoms with E-state index >= 15 is 0 Å². The SMILES string of the molecule is O=C1c2ccccc2C(=O)N1CCC1C2CCC1C(CN1C(=O)c3ccccc3C1=O)C2. The van der Waals surface area contributed by atoms with Gasteiger partial charge >= 0.3 is 0 Å². The third-order valence-electron chi connectivity index (χ3n) is 8.10. The molecule has 4 aliphatic rings. The van der Waals surface area contributed by atoms with E-state index in [4.69, 9.17) is 0 Å². The quantitative estimate of drug-likeness (QED) is 0.682. The molecule has 2 bridgehead atoms. The number of amides is 4. The van der Waals surface area contributed by atoms with Gasteiger partial charge in [0.2, 0.25) is 0 Å². The number of carbonyl (C=O) groups excluding carboxylic acids is 4. The second-order valence-corrected chi connectivity index (χ2v) is 9.52. The van der Waals surface area contributed by atoms with Gasteiger partial charge in [-0.15, -0.1) is 0 Å². The molecule has 0 saturated heterocycles. The summed E-state index contributed by atoms with van der Waals surface area (Å²) >= 11 is 0. The van der Waals surface area contributed by atoms with Gasteiger partial charge in [0.15, 0.2) is 0 Å². The Morgan fingerprint density at radius 3 is 1.72 bits per heavy atom.